The van der Waals surface area contributed by atoms with Gasteiger partial charge in [0.15, 0.2) is 6.10 Å². The van der Waals surface area contributed by atoms with Crippen LogP contribution in [-0.4, -0.2) is 43.7 Å². The predicted molar refractivity (Wildman–Crippen MR) is 91.5 cm³/mol. The second-order valence-corrected chi connectivity index (χ2v) is 7.73. The SMILES string of the molecule is CS(=O)(=O)OC(c1ncco1)C1CCN(C(=O)OCc2ccccc2)C1. The highest BCUT2D eigenvalue weighted by atomic mass is 32.2. The zero-order valence-electron chi connectivity index (χ0n) is 14.3. The molecule has 0 N–H and O–H groups in total. The lowest BCUT2D eigenvalue weighted by Gasteiger charge is -2.20. The van der Waals surface area contributed by atoms with Gasteiger partial charge in [-0.25, -0.2) is 9.78 Å². The first kappa shape index (κ1) is 18.4. The summed E-state index contributed by atoms with van der Waals surface area (Å²) >= 11 is 0. The molecule has 1 amide bonds. The Morgan fingerprint density at radius 1 is 1.38 bits per heavy atom. The van der Waals surface area contributed by atoms with E-state index in [0.717, 1.165) is 11.8 Å². The summed E-state index contributed by atoms with van der Waals surface area (Å²) < 4.78 is 38.8. The molecular formula is C17H20N2O6S. The van der Waals surface area contributed by atoms with Crippen LogP contribution in [0.3, 0.4) is 0 Å². The molecule has 140 valence electrons. The van der Waals surface area contributed by atoms with Gasteiger partial charge in [0, 0.05) is 19.0 Å². The third kappa shape index (κ3) is 4.83. The van der Waals surface area contributed by atoms with Gasteiger partial charge in [-0.2, -0.15) is 8.42 Å². The number of aromatic nitrogens is 1. The van der Waals surface area contributed by atoms with Gasteiger partial charge in [0.1, 0.15) is 12.9 Å². The summed E-state index contributed by atoms with van der Waals surface area (Å²) in [7, 11) is -3.71. The van der Waals surface area contributed by atoms with Crippen molar-refractivity contribution in [2.75, 3.05) is 19.3 Å². The van der Waals surface area contributed by atoms with Crippen LogP contribution < -0.4 is 0 Å². The summed E-state index contributed by atoms with van der Waals surface area (Å²) in [6.07, 6.45) is 3.00. The predicted octanol–water partition coefficient (Wildman–Crippen LogP) is 2.35. The average Bonchev–Trinajstić information content (AvgIpc) is 3.29. The molecule has 2 atom stereocenters. The maximum atomic E-state index is 12.3. The van der Waals surface area contributed by atoms with E-state index in [1.165, 1.54) is 17.4 Å². The van der Waals surface area contributed by atoms with E-state index in [-0.39, 0.29) is 18.4 Å². The van der Waals surface area contributed by atoms with Crippen molar-refractivity contribution >= 4 is 16.2 Å². The molecule has 3 rings (SSSR count). The number of likely N-dealkylation sites (tertiary alicyclic amines) is 1. The number of amides is 1. The number of hydrogen-bond donors (Lipinski definition) is 0. The van der Waals surface area contributed by atoms with E-state index in [9.17, 15) is 13.2 Å². The zero-order valence-corrected chi connectivity index (χ0v) is 15.1. The first-order valence-corrected chi connectivity index (χ1v) is 9.97. The molecule has 1 aliphatic heterocycles. The Balaban J connectivity index is 1.61. The number of nitrogens with zero attached hydrogens (tertiary/aromatic N) is 2. The number of benzene rings is 1. The van der Waals surface area contributed by atoms with Crippen molar-refractivity contribution in [3.63, 3.8) is 0 Å². The van der Waals surface area contributed by atoms with Gasteiger partial charge in [-0.3, -0.25) is 4.18 Å². The third-order valence-corrected chi connectivity index (χ3v) is 4.65. The molecule has 2 unspecified atom stereocenters. The molecule has 2 heterocycles. The number of rotatable bonds is 6. The lowest BCUT2D eigenvalue weighted by molar-refractivity contribution is 0.0917. The first-order chi connectivity index (χ1) is 12.4. The summed E-state index contributed by atoms with van der Waals surface area (Å²) in [5.41, 5.74) is 0.898. The fraction of sp³-hybridized carbons (Fsp3) is 0.412. The quantitative estimate of drug-likeness (QED) is 0.709. The van der Waals surface area contributed by atoms with Gasteiger partial charge in [0.25, 0.3) is 10.1 Å². The summed E-state index contributed by atoms with van der Waals surface area (Å²) in [6, 6.07) is 9.38. The normalized spacial score (nSPS) is 18.7. The molecule has 2 aromatic rings. The molecule has 26 heavy (non-hydrogen) atoms. The highest BCUT2D eigenvalue weighted by molar-refractivity contribution is 7.86. The first-order valence-electron chi connectivity index (χ1n) is 8.15. The zero-order chi connectivity index (χ0) is 18.6. The van der Waals surface area contributed by atoms with Crippen LogP contribution in [0.1, 0.15) is 24.0 Å². The van der Waals surface area contributed by atoms with Crippen LogP contribution in [0.15, 0.2) is 47.2 Å². The van der Waals surface area contributed by atoms with E-state index in [1.54, 1.807) is 0 Å². The summed E-state index contributed by atoms with van der Waals surface area (Å²) in [5, 5.41) is 0. The van der Waals surface area contributed by atoms with Crippen LogP contribution in [0, 0.1) is 5.92 Å². The Morgan fingerprint density at radius 3 is 2.81 bits per heavy atom. The van der Waals surface area contributed by atoms with Gasteiger partial charge in [-0.1, -0.05) is 30.3 Å². The number of hydrogen-bond acceptors (Lipinski definition) is 7. The minimum Gasteiger partial charge on any atom is -0.446 e. The van der Waals surface area contributed by atoms with E-state index in [0.29, 0.717) is 19.5 Å². The monoisotopic (exact) mass is 380 g/mol. The van der Waals surface area contributed by atoms with Gasteiger partial charge in [-0.15, -0.1) is 0 Å². The minimum atomic E-state index is -3.71. The molecule has 1 aromatic carbocycles. The molecule has 0 saturated carbocycles. The van der Waals surface area contributed by atoms with Gasteiger partial charge in [-0.05, 0) is 12.0 Å². The second kappa shape index (κ2) is 7.88. The van der Waals surface area contributed by atoms with Crippen LogP contribution in [0.25, 0.3) is 0 Å². The van der Waals surface area contributed by atoms with Crippen molar-refractivity contribution in [1.82, 2.24) is 9.88 Å². The largest absolute Gasteiger partial charge is 0.446 e. The summed E-state index contributed by atoms with van der Waals surface area (Å²) in [4.78, 5) is 17.8. The van der Waals surface area contributed by atoms with Crippen molar-refractivity contribution in [3.05, 3.63) is 54.2 Å². The van der Waals surface area contributed by atoms with Crippen molar-refractivity contribution in [3.8, 4) is 0 Å². The van der Waals surface area contributed by atoms with Crippen LogP contribution in [-0.2, 0) is 25.6 Å². The van der Waals surface area contributed by atoms with Crippen LogP contribution in [0.4, 0.5) is 4.79 Å². The van der Waals surface area contributed by atoms with E-state index < -0.39 is 22.3 Å². The van der Waals surface area contributed by atoms with Gasteiger partial charge in [0.2, 0.25) is 5.89 Å². The molecule has 1 fully saturated rings. The van der Waals surface area contributed by atoms with Gasteiger partial charge < -0.3 is 14.1 Å². The molecule has 0 radical (unpaired) electrons. The van der Waals surface area contributed by atoms with Crippen LogP contribution >= 0.6 is 0 Å². The maximum Gasteiger partial charge on any atom is 0.410 e. The summed E-state index contributed by atoms with van der Waals surface area (Å²) in [6.45, 7) is 0.933. The second-order valence-electron chi connectivity index (χ2n) is 6.13. The van der Waals surface area contributed by atoms with E-state index in [2.05, 4.69) is 4.98 Å². The number of ether oxygens (including phenoxy) is 1. The topological polar surface area (TPSA) is 98.9 Å². The van der Waals surface area contributed by atoms with Gasteiger partial charge >= 0.3 is 6.09 Å². The third-order valence-electron chi connectivity index (χ3n) is 4.09. The van der Waals surface area contributed by atoms with E-state index >= 15 is 0 Å². The number of carbonyl (C=O) groups excluding carboxylic acids is 1. The Labute approximate surface area is 151 Å². The van der Waals surface area contributed by atoms with Crippen molar-refractivity contribution in [2.24, 2.45) is 5.92 Å². The molecule has 1 aliphatic rings. The molecular weight excluding hydrogens is 360 g/mol. The van der Waals surface area contributed by atoms with E-state index in [1.807, 2.05) is 30.3 Å². The molecule has 1 saturated heterocycles. The Kier molecular flexibility index (Phi) is 5.58. The van der Waals surface area contributed by atoms with Crippen molar-refractivity contribution < 1.29 is 26.5 Å². The maximum absolute atomic E-state index is 12.3. The number of oxazole rings is 1. The fourth-order valence-corrected chi connectivity index (χ4v) is 3.51. The molecule has 0 bridgehead atoms. The number of carbonyl (C=O) groups is 1. The molecule has 0 spiro atoms. The smallest absolute Gasteiger partial charge is 0.410 e. The van der Waals surface area contributed by atoms with Crippen LogP contribution in [0.2, 0.25) is 0 Å². The minimum absolute atomic E-state index is 0.180. The van der Waals surface area contributed by atoms with Gasteiger partial charge in [0.05, 0.1) is 12.5 Å². The molecule has 8 nitrogen and oxygen atoms in total. The van der Waals surface area contributed by atoms with Crippen LogP contribution in [0.5, 0.6) is 0 Å². The lowest BCUT2D eigenvalue weighted by Crippen LogP contribution is -2.30. The lowest BCUT2D eigenvalue weighted by atomic mass is 10.0. The van der Waals surface area contributed by atoms with E-state index in [4.69, 9.17) is 13.3 Å². The molecule has 0 aliphatic carbocycles. The fourth-order valence-electron chi connectivity index (χ4n) is 2.90. The highest BCUT2D eigenvalue weighted by Crippen LogP contribution is 2.33. The Hall–Kier alpha value is -2.39. The summed E-state index contributed by atoms with van der Waals surface area (Å²) in [5.74, 6) is -0.0763. The van der Waals surface area contributed by atoms with Crippen molar-refractivity contribution in [1.29, 1.82) is 0 Å². The molecule has 1 aromatic heterocycles. The molecule has 9 heteroatoms. The Morgan fingerprint density at radius 2 is 2.15 bits per heavy atom. The average molecular weight is 380 g/mol. The van der Waals surface area contributed by atoms with Crippen molar-refractivity contribution in [2.45, 2.75) is 19.1 Å². The Bertz CT molecular complexity index is 822. The highest BCUT2D eigenvalue weighted by Gasteiger charge is 2.38. The standard InChI is InChI=1S/C17H20N2O6S/c1-26(21,22)25-15(16-18-8-10-23-16)14-7-9-19(11-14)17(20)24-12-13-5-3-2-4-6-13/h2-6,8,10,14-15H,7,9,11-12H2,1H3.